The van der Waals surface area contributed by atoms with Gasteiger partial charge in [-0.1, -0.05) is 6.92 Å². The lowest BCUT2D eigenvalue weighted by Gasteiger charge is -2.14. The molecule has 1 unspecified atom stereocenters. The van der Waals surface area contributed by atoms with Crippen molar-refractivity contribution in [3.05, 3.63) is 24.3 Å². The lowest BCUT2D eigenvalue weighted by molar-refractivity contribution is 0.698. The molecule has 0 fully saturated rings. The first-order valence-corrected chi connectivity index (χ1v) is 5.89. The molecule has 2 rings (SSSR count). The molecular formula is C12H18N4. The SMILES string of the molecule is CC(Cc1ccncn1)C1=NCCCCN1. The van der Waals surface area contributed by atoms with Gasteiger partial charge in [0.15, 0.2) is 0 Å². The van der Waals surface area contributed by atoms with Gasteiger partial charge in [0.2, 0.25) is 0 Å². The normalized spacial score (nSPS) is 18.2. The van der Waals surface area contributed by atoms with E-state index in [0.717, 1.165) is 31.0 Å². The molecule has 0 spiro atoms. The van der Waals surface area contributed by atoms with Crippen LogP contribution in [0.4, 0.5) is 0 Å². The first-order chi connectivity index (χ1) is 7.86. The maximum absolute atomic E-state index is 4.58. The summed E-state index contributed by atoms with van der Waals surface area (Å²) in [6.07, 6.45) is 6.72. The van der Waals surface area contributed by atoms with Crippen molar-refractivity contribution in [1.82, 2.24) is 15.3 Å². The highest BCUT2D eigenvalue weighted by molar-refractivity contribution is 5.84. The summed E-state index contributed by atoms with van der Waals surface area (Å²) >= 11 is 0. The van der Waals surface area contributed by atoms with E-state index in [1.165, 1.54) is 12.8 Å². The topological polar surface area (TPSA) is 50.2 Å². The molecule has 0 aliphatic carbocycles. The van der Waals surface area contributed by atoms with E-state index in [2.05, 4.69) is 27.2 Å². The third-order valence-corrected chi connectivity index (χ3v) is 2.80. The number of amidine groups is 1. The molecule has 0 bridgehead atoms. The molecule has 16 heavy (non-hydrogen) atoms. The average Bonchev–Trinajstić information content (AvgIpc) is 2.59. The maximum atomic E-state index is 4.58. The Bertz CT molecular complexity index is 347. The third kappa shape index (κ3) is 3.02. The van der Waals surface area contributed by atoms with Gasteiger partial charge >= 0.3 is 0 Å². The van der Waals surface area contributed by atoms with Gasteiger partial charge in [-0.25, -0.2) is 9.97 Å². The van der Waals surface area contributed by atoms with E-state index < -0.39 is 0 Å². The summed E-state index contributed by atoms with van der Waals surface area (Å²) in [5, 5.41) is 3.41. The zero-order valence-electron chi connectivity index (χ0n) is 9.69. The van der Waals surface area contributed by atoms with E-state index in [-0.39, 0.29) is 0 Å². The number of rotatable bonds is 3. The van der Waals surface area contributed by atoms with E-state index in [0.29, 0.717) is 5.92 Å². The minimum Gasteiger partial charge on any atom is -0.374 e. The Morgan fingerprint density at radius 1 is 1.44 bits per heavy atom. The van der Waals surface area contributed by atoms with Crippen LogP contribution < -0.4 is 5.32 Å². The Morgan fingerprint density at radius 3 is 3.19 bits per heavy atom. The van der Waals surface area contributed by atoms with Crippen LogP contribution in [0.5, 0.6) is 0 Å². The van der Waals surface area contributed by atoms with Crippen molar-refractivity contribution in [2.75, 3.05) is 13.1 Å². The van der Waals surface area contributed by atoms with Crippen LogP contribution in [-0.2, 0) is 6.42 Å². The van der Waals surface area contributed by atoms with Crippen LogP contribution in [0, 0.1) is 5.92 Å². The lowest BCUT2D eigenvalue weighted by Crippen LogP contribution is -2.30. The first-order valence-electron chi connectivity index (χ1n) is 5.89. The molecule has 0 saturated heterocycles. The second kappa shape index (κ2) is 5.58. The number of hydrogen-bond acceptors (Lipinski definition) is 4. The molecule has 1 aromatic heterocycles. The number of aliphatic imine (C=N–C) groups is 1. The Morgan fingerprint density at radius 2 is 2.38 bits per heavy atom. The fraction of sp³-hybridized carbons (Fsp3) is 0.583. The van der Waals surface area contributed by atoms with Crippen LogP contribution in [0.2, 0.25) is 0 Å². The monoisotopic (exact) mass is 218 g/mol. The average molecular weight is 218 g/mol. The van der Waals surface area contributed by atoms with Crippen LogP contribution in [0.25, 0.3) is 0 Å². The summed E-state index contributed by atoms with van der Waals surface area (Å²) < 4.78 is 0. The van der Waals surface area contributed by atoms with Crippen molar-refractivity contribution < 1.29 is 0 Å². The fourth-order valence-corrected chi connectivity index (χ4v) is 1.89. The van der Waals surface area contributed by atoms with Gasteiger partial charge in [0, 0.05) is 30.9 Å². The second-order valence-corrected chi connectivity index (χ2v) is 4.21. The van der Waals surface area contributed by atoms with Crippen LogP contribution >= 0.6 is 0 Å². The third-order valence-electron chi connectivity index (χ3n) is 2.80. The summed E-state index contributed by atoms with van der Waals surface area (Å²) in [6.45, 7) is 4.20. The van der Waals surface area contributed by atoms with Crippen LogP contribution in [0.3, 0.4) is 0 Å². The standard InChI is InChI=1S/C12H18N4/c1-10(8-11-4-7-13-9-16-11)12-14-5-2-3-6-15-12/h4,7,9-10H,2-3,5-6,8H2,1H3,(H,14,15). The Hall–Kier alpha value is -1.45. The highest BCUT2D eigenvalue weighted by Crippen LogP contribution is 2.08. The van der Waals surface area contributed by atoms with Gasteiger partial charge in [0.1, 0.15) is 6.33 Å². The minimum absolute atomic E-state index is 0.410. The van der Waals surface area contributed by atoms with Crippen LogP contribution in [0.15, 0.2) is 23.6 Å². The fourth-order valence-electron chi connectivity index (χ4n) is 1.89. The van der Waals surface area contributed by atoms with Gasteiger partial charge in [0.25, 0.3) is 0 Å². The van der Waals surface area contributed by atoms with Crippen molar-refractivity contribution in [2.24, 2.45) is 10.9 Å². The van der Waals surface area contributed by atoms with Gasteiger partial charge in [-0.05, 0) is 25.3 Å². The Balaban J connectivity index is 1.97. The number of aromatic nitrogens is 2. The molecule has 0 radical (unpaired) electrons. The van der Waals surface area contributed by atoms with Crippen LogP contribution in [0.1, 0.15) is 25.5 Å². The predicted molar refractivity (Wildman–Crippen MR) is 64.4 cm³/mol. The molecule has 86 valence electrons. The van der Waals surface area contributed by atoms with E-state index >= 15 is 0 Å². The van der Waals surface area contributed by atoms with Crippen molar-refractivity contribution in [1.29, 1.82) is 0 Å². The molecule has 1 N–H and O–H groups in total. The van der Waals surface area contributed by atoms with Crippen molar-refractivity contribution >= 4 is 5.84 Å². The van der Waals surface area contributed by atoms with Gasteiger partial charge in [-0.3, -0.25) is 4.99 Å². The van der Waals surface area contributed by atoms with Gasteiger partial charge < -0.3 is 5.32 Å². The Kier molecular flexibility index (Phi) is 3.86. The summed E-state index contributed by atoms with van der Waals surface area (Å²) in [7, 11) is 0. The maximum Gasteiger partial charge on any atom is 0.115 e. The number of nitrogens with zero attached hydrogens (tertiary/aromatic N) is 3. The van der Waals surface area contributed by atoms with Crippen molar-refractivity contribution in [2.45, 2.75) is 26.2 Å². The molecule has 1 aromatic rings. The van der Waals surface area contributed by atoms with Gasteiger partial charge in [0.05, 0.1) is 5.84 Å². The molecule has 1 atom stereocenters. The summed E-state index contributed by atoms with van der Waals surface area (Å²) in [6, 6.07) is 1.97. The van der Waals surface area contributed by atoms with E-state index in [9.17, 15) is 0 Å². The molecule has 4 heteroatoms. The minimum atomic E-state index is 0.410. The van der Waals surface area contributed by atoms with Gasteiger partial charge in [-0.15, -0.1) is 0 Å². The Labute approximate surface area is 96.2 Å². The molecule has 2 heterocycles. The zero-order valence-corrected chi connectivity index (χ0v) is 9.69. The molecular weight excluding hydrogens is 200 g/mol. The molecule has 0 amide bonds. The highest BCUT2D eigenvalue weighted by Gasteiger charge is 2.13. The highest BCUT2D eigenvalue weighted by atomic mass is 15.0. The zero-order chi connectivity index (χ0) is 11.2. The lowest BCUT2D eigenvalue weighted by atomic mass is 10.0. The number of nitrogens with one attached hydrogen (secondary N) is 1. The number of hydrogen-bond donors (Lipinski definition) is 1. The molecule has 0 aromatic carbocycles. The largest absolute Gasteiger partial charge is 0.374 e. The van der Waals surface area contributed by atoms with E-state index in [1.54, 1.807) is 12.5 Å². The first kappa shape index (κ1) is 11.0. The summed E-state index contributed by atoms with van der Waals surface area (Å²) in [5.41, 5.74) is 1.08. The molecule has 0 saturated carbocycles. The smallest absolute Gasteiger partial charge is 0.115 e. The van der Waals surface area contributed by atoms with Crippen molar-refractivity contribution in [3.63, 3.8) is 0 Å². The molecule has 1 aliphatic rings. The summed E-state index contributed by atoms with van der Waals surface area (Å²) in [5.74, 6) is 1.55. The van der Waals surface area contributed by atoms with Gasteiger partial charge in [-0.2, -0.15) is 0 Å². The summed E-state index contributed by atoms with van der Waals surface area (Å²) in [4.78, 5) is 12.7. The molecule has 4 nitrogen and oxygen atoms in total. The van der Waals surface area contributed by atoms with E-state index in [1.807, 2.05) is 6.07 Å². The second-order valence-electron chi connectivity index (χ2n) is 4.21. The predicted octanol–water partition coefficient (Wildman–Crippen LogP) is 1.44. The quantitative estimate of drug-likeness (QED) is 0.835. The van der Waals surface area contributed by atoms with E-state index in [4.69, 9.17) is 0 Å². The van der Waals surface area contributed by atoms with Crippen molar-refractivity contribution in [3.8, 4) is 0 Å². The molecule has 1 aliphatic heterocycles. The van der Waals surface area contributed by atoms with Crippen LogP contribution in [-0.4, -0.2) is 28.9 Å².